The van der Waals surface area contributed by atoms with Crippen LogP contribution in [0.1, 0.15) is 17.7 Å². The van der Waals surface area contributed by atoms with Crippen molar-refractivity contribution in [3.05, 3.63) is 22.4 Å². The maximum absolute atomic E-state index is 5.60. The third-order valence-corrected chi connectivity index (χ3v) is 4.76. The van der Waals surface area contributed by atoms with Gasteiger partial charge in [-0.3, -0.25) is 0 Å². The van der Waals surface area contributed by atoms with E-state index in [2.05, 4.69) is 27.0 Å². The van der Waals surface area contributed by atoms with Gasteiger partial charge in [0.15, 0.2) is 0 Å². The number of aromatic nitrogens is 4. The number of hydrogen-bond acceptors (Lipinski definition) is 6. The molecule has 3 rings (SSSR count). The lowest BCUT2D eigenvalue weighted by Gasteiger charge is -2.07. The summed E-state index contributed by atoms with van der Waals surface area (Å²) in [7, 11) is 0. The van der Waals surface area contributed by atoms with Gasteiger partial charge in [0.25, 0.3) is 0 Å². The number of ether oxygens (including phenoxy) is 1. The van der Waals surface area contributed by atoms with Gasteiger partial charge in [-0.25, -0.2) is 4.68 Å². The van der Waals surface area contributed by atoms with Gasteiger partial charge in [0.2, 0.25) is 5.16 Å². The summed E-state index contributed by atoms with van der Waals surface area (Å²) < 4.78 is 7.45. The molecule has 0 radical (unpaired) electrons. The molecule has 5 nitrogen and oxygen atoms in total. The molecule has 0 bridgehead atoms. The molecule has 0 N–H and O–H groups in total. The second-order valence-electron chi connectivity index (χ2n) is 4.14. The van der Waals surface area contributed by atoms with Crippen LogP contribution >= 0.6 is 23.1 Å². The van der Waals surface area contributed by atoms with Crippen molar-refractivity contribution in [3.63, 3.8) is 0 Å². The normalized spacial score (nSPS) is 19.4. The third kappa shape index (κ3) is 2.90. The number of nitrogens with zero attached hydrogens (tertiary/aromatic N) is 4. The molecule has 0 spiro atoms. The van der Waals surface area contributed by atoms with Gasteiger partial charge in [-0.15, -0.1) is 16.4 Å². The molecule has 7 heteroatoms. The van der Waals surface area contributed by atoms with Gasteiger partial charge in [0.05, 0.1) is 12.6 Å². The first-order chi connectivity index (χ1) is 8.92. The predicted molar refractivity (Wildman–Crippen MR) is 70.9 cm³/mol. The second-order valence-corrected chi connectivity index (χ2v) is 6.16. The van der Waals surface area contributed by atoms with E-state index in [1.807, 2.05) is 10.7 Å². The molecule has 1 aliphatic heterocycles. The SMILES string of the molecule is c1csc(Cn2nnnc2SCC2CCCO2)c1. The van der Waals surface area contributed by atoms with Crippen LogP contribution in [0.3, 0.4) is 0 Å². The molecule has 18 heavy (non-hydrogen) atoms. The third-order valence-electron chi connectivity index (χ3n) is 2.81. The van der Waals surface area contributed by atoms with E-state index in [0.717, 1.165) is 30.5 Å². The van der Waals surface area contributed by atoms with E-state index >= 15 is 0 Å². The van der Waals surface area contributed by atoms with Crippen LogP contribution < -0.4 is 0 Å². The minimum Gasteiger partial charge on any atom is -0.377 e. The van der Waals surface area contributed by atoms with Crippen molar-refractivity contribution in [1.82, 2.24) is 20.2 Å². The lowest BCUT2D eigenvalue weighted by molar-refractivity contribution is 0.129. The van der Waals surface area contributed by atoms with Crippen molar-refractivity contribution in [2.75, 3.05) is 12.4 Å². The lowest BCUT2D eigenvalue weighted by Crippen LogP contribution is -2.09. The summed E-state index contributed by atoms with van der Waals surface area (Å²) in [6.45, 7) is 1.64. The van der Waals surface area contributed by atoms with E-state index in [9.17, 15) is 0 Å². The van der Waals surface area contributed by atoms with E-state index in [1.165, 1.54) is 11.3 Å². The Morgan fingerprint density at radius 1 is 1.56 bits per heavy atom. The molecule has 2 aromatic rings. The Morgan fingerprint density at radius 2 is 2.56 bits per heavy atom. The molecule has 0 aliphatic carbocycles. The number of thiophene rings is 1. The molecule has 1 fully saturated rings. The fourth-order valence-corrected chi connectivity index (χ4v) is 3.52. The van der Waals surface area contributed by atoms with Crippen molar-refractivity contribution in [1.29, 1.82) is 0 Å². The summed E-state index contributed by atoms with van der Waals surface area (Å²) in [6, 6.07) is 4.14. The maximum atomic E-state index is 5.60. The summed E-state index contributed by atoms with van der Waals surface area (Å²) in [6.07, 6.45) is 2.69. The first-order valence-corrected chi connectivity index (χ1v) is 7.81. The van der Waals surface area contributed by atoms with Gasteiger partial charge in [0.1, 0.15) is 0 Å². The lowest BCUT2D eigenvalue weighted by atomic mass is 10.3. The highest BCUT2D eigenvalue weighted by Crippen LogP contribution is 2.22. The Kier molecular flexibility index (Phi) is 3.92. The van der Waals surface area contributed by atoms with Gasteiger partial charge in [0, 0.05) is 17.2 Å². The monoisotopic (exact) mass is 282 g/mol. The molecule has 3 heterocycles. The molecule has 0 saturated carbocycles. The topological polar surface area (TPSA) is 52.8 Å². The van der Waals surface area contributed by atoms with Crippen molar-refractivity contribution in [2.45, 2.75) is 30.6 Å². The van der Waals surface area contributed by atoms with Gasteiger partial charge >= 0.3 is 0 Å². The summed E-state index contributed by atoms with van der Waals surface area (Å²) in [5.74, 6) is 0.935. The van der Waals surface area contributed by atoms with Gasteiger partial charge < -0.3 is 4.74 Å². The zero-order valence-electron chi connectivity index (χ0n) is 9.86. The number of thioether (sulfide) groups is 1. The minimum absolute atomic E-state index is 0.363. The van der Waals surface area contributed by atoms with Gasteiger partial charge in [-0.2, -0.15) is 0 Å². The van der Waals surface area contributed by atoms with Crippen LogP contribution in [0.2, 0.25) is 0 Å². The fourth-order valence-electron chi connectivity index (χ4n) is 1.89. The van der Waals surface area contributed by atoms with Crippen molar-refractivity contribution >= 4 is 23.1 Å². The highest BCUT2D eigenvalue weighted by atomic mass is 32.2. The average Bonchev–Trinajstić information content (AvgIpc) is 3.10. The highest BCUT2D eigenvalue weighted by molar-refractivity contribution is 7.99. The summed E-state index contributed by atoms with van der Waals surface area (Å²) in [5, 5.41) is 14.8. The summed E-state index contributed by atoms with van der Waals surface area (Å²) >= 11 is 3.40. The van der Waals surface area contributed by atoms with Crippen molar-refractivity contribution in [2.24, 2.45) is 0 Å². The highest BCUT2D eigenvalue weighted by Gasteiger charge is 2.17. The van der Waals surface area contributed by atoms with Crippen LogP contribution in [-0.4, -0.2) is 38.7 Å². The Hall–Kier alpha value is -0.920. The largest absolute Gasteiger partial charge is 0.377 e. The van der Waals surface area contributed by atoms with E-state index < -0.39 is 0 Å². The van der Waals surface area contributed by atoms with E-state index in [-0.39, 0.29) is 0 Å². The van der Waals surface area contributed by atoms with Crippen LogP contribution in [0, 0.1) is 0 Å². The Balaban J connectivity index is 1.60. The predicted octanol–water partition coefficient (Wildman–Crippen LogP) is 2.05. The van der Waals surface area contributed by atoms with Gasteiger partial charge in [-0.05, 0) is 34.7 Å². The van der Waals surface area contributed by atoms with Gasteiger partial charge in [-0.1, -0.05) is 17.8 Å². The van der Waals surface area contributed by atoms with Crippen LogP contribution in [0.15, 0.2) is 22.7 Å². The maximum Gasteiger partial charge on any atom is 0.209 e. The average molecular weight is 282 g/mol. The minimum atomic E-state index is 0.363. The molecular formula is C11H14N4OS2. The van der Waals surface area contributed by atoms with E-state index in [4.69, 9.17) is 4.74 Å². The number of tetrazole rings is 1. The first kappa shape index (κ1) is 12.1. The molecular weight excluding hydrogens is 268 g/mol. The van der Waals surface area contributed by atoms with Crippen molar-refractivity contribution in [3.8, 4) is 0 Å². The molecule has 0 aromatic carbocycles. The van der Waals surface area contributed by atoms with Crippen molar-refractivity contribution < 1.29 is 4.74 Å². The molecule has 2 aromatic heterocycles. The molecule has 0 amide bonds. The first-order valence-electron chi connectivity index (χ1n) is 5.95. The number of hydrogen-bond donors (Lipinski definition) is 0. The van der Waals surface area contributed by atoms with Crippen LogP contribution in [0.4, 0.5) is 0 Å². The molecule has 1 unspecified atom stereocenters. The van der Waals surface area contributed by atoms with Crippen LogP contribution in [0.5, 0.6) is 0 Å². The fraction of sp³-hybridized carbons (Fsp3) is 0.545. The molecule has 1 saturated heterocycles. The summed E-state index contributed by atoms with van der Waals surface area (Å²) in [5.41, 5.74) is 0. The zero-order chi connectivity index (χ0) is 12.2. The molecule has 96 valence electrons. The van der Waals surface area contributed by atoms with Crippen LogP contribution in [-0.2, 0) is 11.3 Å². The zero-order valence-corrected chi connectivity index (χ0v) is 11.5. The Bertz CT molecular complexity index is 479. The number of rotatable bonds is 5. The van der Waals surface area contributed by atoms with E-state index in [1.54, 1.807) is 23.1 Å². The standard InChI is InChI=1S/C11H14N4OS2/c1-3-9(16-5-1)8-18-11-12-13-14-15(11)7-10-4-2-6-17-10/h2,4,6,9H,1,3,5,7-8H2. The second kappa shape index (κ2) is 5.81. The molecule has 1 aliphatic rings. The van der Waals surface area contributed by atoms with Crippen LogP contribution in [0.25, 0.3) is 0 Å². The summed E-state index contributed by atoms with van der Waals surface area (Å²) in [4.78, 5) is 1.27. The Morgan fingerprint density at radius 3 is 3.33 bits per heavy atom. The molecule has 1 atom stereocenters. The Labute approximate surface area is 114 Å². The quantitative estimate of drug-likeness (QED) is 0.786. The van der Waals surface area contributed by atoms with E-state index in [0.29, 0.717) is 6.10 Å². The smallest absolute Gasteiger partial charge is 0.209 e.